The van der Waals surface area contributed by atoms with Crippen molar-refractivity contribution in [3.8, 4) is 0 Å². The van der Waals surface area contributed by atoms with Crippen LogP contribution in [0.15, 0.2) is 41.3 Å². The summed E-state index contributed by atoms with van der Waals surface area (Å²) in [4.78, 5) is 0.213. The number of fused-ring (bicyclic) bond motifs is 2. The molecule has 0 N–H and O–H groups in total. The lowest BCUT2D eigenvalue weighted by molar-refractivity contribution is -0.0301. The van der Waals surface area contributed by atoms with Gasteiger partial charge in [0.1, 0.15) is 0 Å². The highest BCUT2D eigenvalue weighted by molar-refractivity contribution is 7.86. The van der Waals surface area contributed by atoms with E-state index in [9.17, 15) is 8.42 Å². The molecule has 1 aromatic rings. The van der Waals surface area contributed by atoms with Gasteiger partial charge in [-0.05, 0) is 19.1 Å². The van der Waals surface area contributed by atoms with E-state index >= 15 is 0 Å². The van der Waals surface area contributed by atoms with Crippen LogP contribution in [0.1, 0.15) is 18.4 Å². The Kier molecular flexibility index (Phi) is 3.20. The Bertz CT molecular complexity index is 574. The van der Waals surface area contributed by atoms with Crippen molar-refractivity contribution in [3.63, 3.8) is 0 Å². The molecule has 102 valence electrons. The summed E-state index contributed by atoms with van der Waals surface area (Å²) in [6.07, 6.45) is 4.84. The summed E-state index contributed by atoms with van der Waals surface area (Å²) in [6.45, 7) is 1.92. The van der Waals surface area contributed by atoms with Crippen LogP contribution in [0.4, 0.5) is 0 Å². The molecule has 0 aromatic heterocycles. The van der Waals surface area contributed by atoms with Crippen molar-refractivity contribution in [2.75, 3.05) is 0 Å². The summed E-state index contributed by atoms with van der Waals surface area (Å²) in [7, 11) is -3.68. The van der Waals surface area contributed by atoms with E-state index in [0.29, 0.717) is 12.8 Å². The first-order valence-electron chi connectivity index (χ1n) is 6.37. The van der Waals surface area contributed by atoms with E-state index in [4.69, 9.17) is 8.92 Å². The van der Waals surface area contributed by atoms with Crippen LogP contribution in [0, 0.1) is 6.92 Å². The summed E-state index contributed by atoms with van der Waals surface area (Å²) < 4.78 is 35.2. The van der Waals surface area contributed by atoms with Crippen molar-refractivity contribution in [2.45, 2.75) is 43.0 Å². The summed E-state index contributed by atoms with van der Waals surface area (Å²) in [5.41, 5.74) is 1.02. The summed E-state index contributed by atoms with van der Waals surface area (Å²) in [5, 5.41) is 0. The molecule has 1 fully saturated rings. The molecule has 0 aliphatic carbocycles. The lowest BCUT2D eigenvalue weighted by Gasteiger charge is -2.27. The lowest BCUT2D eigenvalue weighted by Crippen LogP contribution is -2.32. The van der Waals surface area contributed by atoms with E-state index < -0.39 is 10.1 Å². The van der Waals surface area contributed by atoms with Crippen LogP contribution < -0.4 is 0 Å². The van der Waals surface area contributed by atoms with Crippen molar-refractivity contribution in [1.82, 2.24) is 0 Å². The Balaban J connectivity index is 1.73. The summed E-state index contributed by atoms with van der Waals surface area (Å²) >= 11 is 0. The fraction of sp³-hybridized carbons (Fsp3) is 0.429. The van der Waals surface area contributed by atoms with Crippen LogP contribution in [-0.4, -0.2) is 26.7 Å². The van der Waals surface area contributed by atoms with E-state index in [-0.39, 0.29) is 23.2 Å². The molecule has 1 unspecified atom stereocenters. The van der Waals surface area contributed by atoms with Crippen LogP contribution in [0.5, 0.6) is 0 Å². The highest BCUT2D eigenvalue weighted by Gasteiger charge is 2.34. The third-order valence-electron chi connectivity index (χ3n) is 3.45. The van der Waals surface area contributed by atoms with Crippen LogP contribution in [0.25, 0.3) is 0 Å². The third-order valence-corrected chi connectivity index (χ3v) is 4.83. The van der Waals surface area contributed by atoms with Crippen LogP contribution >= 0.6 is 0 Å². The molecule has 2 bridgehead atoms. The fourth-order valence-electron chi connectivity index (χ4n) is 2.46. The van der Waals surface area contributed by atoms with Gasteiger partial charge >= 0.3 is 0 Å². The molecule has 0 spiro atoms. The van der Waals surface area contributed by atoms with E-state index in [0.717, 1.165) is 5.56 Å². The first-order valence-corrected chi connectivity index (χ1v) is 7.77. The van der Waals surface area contributed by atoms with Crippen molar-refractivity contribution >= 4 is 10.1 Å². The van der Waals surface area contributed by atoms with Crippen molar-refractivity contribution in [3.05, 3.63) is 42.0 Å². The maximum atomic E-state index is 12.2. The van der Waals surface area contributed by atoms with E-state index in [1.165, 1.54) is 0 Å². The molecule has 0 saturated carbocycles. The Labute approximate surface area is 113 Å². The lowest BCUT2D eigenvalue weighted by atomic mass is 10.1. The van der Waals surface area contributed by atoms with Gasteiger partial charge in [0.05, 0.1) is 23.2 Å². The molecule has 5 heteroatoms. The average Bonchev–Trinajstić information content (AvgIpc) is 2.69. The molecule has 3 rings (SSSR count). The number of benzene rings is 1. The zero-order valence-electron chi connectivity index (χ0n) is 10.7. The Hall–Kier alpha value is -1.17. The van der Waals surface area contributed by atoms with Gasteiger partial charge < -0.3 is 4.74 Å². The highest BCUT2D eigenvalue weighted by atomic mass is 32.2. The largest absolute Gasteiger partial charge is 0.367 e. The number of ether oxygens (including phenoxy) is 1. The van der Waals surface area contributed by atoms with Crippen molar-refractivity contribution in [1.29, 1.82) is 0 Å². The van der Waals surface area contributed by atoms with Gasteiger partial charge in [-0.25, -0.2) is 0 Å². The van der Waals surface area contributed by atoms with Crippen LogP contribution in [0.3, 0.4) is 0 Å². The van der Waals surface area contributed by atoms with E-state index in [1.807, 2.05) is 19.1 Å². The van der Waals surface area contributed by atoms with Gasteiger partial charge in [0.2, 0.25) is 0 Å². The first-order chi connectivity index (χ1) is 9.03. The van der Waals surface area contributed by atoms with Gasteiger partial charge in [-0.1, -0.05) is 29.8 Å². The maximum Gasteiger partial charge on any atom is 0.297 e. The van der Waals surface area contributed by atoms with Gasteiger partial charge in [-0.15, -0.1) is 0 Å². The summed E-state index contributed by atoms with van der Waals surface area (Å²) in [6, 6.07) is 6.70. The third kappa shape index (κ3) is 2.73. The molecule has 0 amide bonds. The quantitative estimate of drug-likeness (QED) is 0.629. The first kappa shape index (κ1) is 12.8. The van der Waals surface area contributed by atoms with E-state index in [2.05, 4.69) is 0 Å². The molecule has 2 heterocycles. The van der Waals surface area contributed by atoms with Crippen molar-refractivity contribution < 1.29 is 17.3 Å². The molecule has 2 aliphatic rings. The Morgan fingerprint density at radius 1 is 1.11 bits per heavy atom. The minimum atomic E-state index is -3.68. The smallest absolute Gasteiger partial charge is 0.297 e. The molecular weight excluding hydrogens is 264 g/mol. The molecule has 2 aliphatic heterocycles. The van der Waals surface area contributed by atoms with Gasteiger partial charge in [-0.2, -0.15) is 8.42 Å². The molecule has 0 radical (unpaired) electrons. The Morgan fingerprint density at radius 3 is 2.26 bits per heavy atom. The topological polar surface area (TPSA) is 52.6 Å². The predicted molar refractivity (Wildman–Crippen MR) is 70.3 cm³/mol. The zero-order valence-corrected chi connectivity index (χ0v) is 11.5. The highest BCUT2D eigenvalue weighted by Crippen LogP contribution is 2.30. The number of rotatable bonds is 3. The van der Waals surface area contributed by atoms with Gasteiger partial charge in [0.25, 0.3) is 10.1 Å². The number of hydrogen-bond acceptors (Lipinski definition) is 4. The normalized spacial score (nSPS) is 29.6. The van der Waals surface area contributed by atoms with Crippen molar-refractivity contribution in [2.24, 2.45) is 0 Å². The molecule has 3 atom stereocenters. The number of aryl methyl sites for hydroxylation is 1. The molecule has 4 nitrogen and oxygen atoms in total. The second-order valence-electron chi connectivity index (χ2n) is 5.05. The molecular formula is C14H16O4S. The minimum absolute atomic E-state index is 0.00281. The molecule has 19 heavy (non-hydrogen) atoms. The van der Waals surface area contributed by atoms with E-state index in [1.54, 1.807) is 24.3 Å². The molecule has 1 aromatic carbocycles. The fourth-order valence-corrected chi connectivity index (χ4v) is 3.56. The van der Waals surface area contributed by atoms with Gasteiger partial charge in [0.15, 0.2) is 0 Å². The second-order valence-corrected chi connectivity index (χ2v) is 6.63. The predicted octanol–water partition coefficient (Wildman–Crippen LogP) is 2.19. The summed E-state index contributed by atoms with van der Waals surface area (Å²) in [5.74, 6) is 0. The zero-order chi connectivity index (χ0) is 13.5. The maximum absolute atomic E-state index is 12.2. The molecule has 1 saturated heterocycles. The SMILES string of the molecule is Cc1ccc(S(=O)(=O)OC2C[C@H]3C=C[C@@H](C2)O3)cc1. The minimum Gasteiger partial charge on any atom is -0.367 e. The van der Waals surface area contributed by atoms with Gasteiger partial charge in [-0.3, -0.25) is 4.18 Å². The second kappa shape index (κ2) is 4.74. The van der Waals surface area contributed by atoms with Crippen LogP contribution in [0.2, 0.25) is 0 Å². The number of hydrogen-bond donors (Lipinski definition) is 0. The van der Waals surface area contributed by atoms with Crippen LogP contribution in [-0.2, 0) is 19.0 Å². The Morgan fingerprint density at radius 2 is 1.68 bits per heavy atom. The monoisotopic (exact) mass is 280 g/mol. The average molecular weight is 280 g/mol. The van der Waals surface area contributed by atoms with Gasteiger partial charge in [0, 0.05) is 12.8 Å². The standard InChI is InChI=1S/C14H16O4S/c1-10-2-6-14(7-3-10)19(15,16)18-13-8-11-4-5-12(9-13)17-11/h2-7,11-13H,8-9H2,1H3/t11-,12+,13?.